The van der Waals surface area contributed by atoms with Gasteiger partial charge in [-0.2, -0.15) is 0 Å². The summed E-state index contributed by atoms with van der Waals surface area (Å²) >= 11 is 0. The summed E-state index contributed by atoms with van der Waals surface area (Å²) in [6, 6.07) is 0. The highest BCUT2D eigenvalue weighted by molar-refractivity contribution is 5.33. The molecule has 0 atom stereocenters. The van der Waals surface area contributed by atoms with E-state index in [1.54, 1.807) is 11.1 Å². The minimum atomic E-state index is 0.216. The first kappa shape index (κ1) is 17.7. The van der Waals surface area contributed by atoms with Gasteiger partial charge in [-0.3, -0.25) is 0 Å². The van der Waals surface area contributed by atoms with Gasteiger partial charge in [-0.15, -0.1) is 0 Å². The average Bonchev–Trinajstić information content (AvgIpc) is 1.89. The predicted octanol–water partition coefficient (Wildman–Crippen LogP) is 6.47. The van der Waals surface area contributed by atoms with Crippen LogP contribution in [0.25, 0.3) is 0 Å². The van der Waals surface area contributed by atoms with Crippen molar-refractivity contribution in [3.63, 3.8) is 0 Å². The molecule has 0 radical (unpaired) electrons. The molecule has 0 saturated heterocycles. The van der Waals surface area contributed by atoms with E-state index < -0.39 is 0 Å². The highest BCUT2D eigenvalue weighted by Crippen LogP contribution is 2.51. The van der Waals surface area contributed by atoms with Crippen molar-refractivity contribution in [1.82, 2.24) is 0 Å². The number of hydrogen-bond acceptors (Lipinski definition) is 0. The molecule has 18 heavy (non-hydrogen) atoms. The van der Waals surface area contributed by atoms with Crippen LogP contribution in [0.4, 0.5) is 0 Å². The first-order valence-electron chi connectivity index (χ1n) is 7.25. The Bertz CT molecular complexity index is 247. The van der Waals surface area contributed by atoms with Crippen LogP contribution < -0.4 is 0 Å². The minimum absolute atomic E-state index is 0.216. The molecule has 0 aromatic carbocycles. The Labute approximate surface area is 116 Å². The SMILES string of the molecule is CC(C)(C)C(=C(C(C)(C)C)C(C)(C)C)C(C)(C)C. The van der Waals surface area contributed by atoms with Crippen LogP contribution in [0.2, 0.25) is 0 Å². The number of hydrogen-bond donors (Lipinski definition) is 0. The average molecular weight is 252 g/mol. The molecular weight excluding hydrogens is 216 g/mol. The van der Waals surface area contributed by atoms with E-state index in [2.05, 4.69) is 83.1 Å². The van der Waals surface area contributed by atoms with E-state index in [1.807, 2.05) is 0 Å². The summed E-state index contributed by atoms with van der Waals surface area (Å²) in [5.41, 5.74) is 4.11. The molecule has 0 saturated carbocycles. The molecule has 0 N–H and O–H groups in total. The van der Waals surface area contributed by atoms with Gasteiger partial charge in [0.25, 0.3) is 0 Å². The summed E-state index contributed by atoms with van der Waals surface area (Å²) < 4.78 is 0. The summed E-state index contributed by atoms with van der Waals surface area (Å²) in [4.78, 5) is 0. The molecule has 0 aromatic heterocycles. The molecule has 0 aliphatic carbocycles. The summed E-state index contributed by atoms with van der Waals surface area (Å²) in [5, 5.41) is 0. The Morgan fingerprint density at radius 1 is 0.333 bits per heavy atom. The molecule has 0 heterocycles. The lowest BCUT2D eigenvalue weighted by molar-refractivity contribution is 0.287. The van der Waals surface area contributed by atoms with Crippen LogP contribution in [-0.4, -0.2) is 0 Å². The topological polar surface area (TPSA) is 0 Å². The highest BCUT2D eigenvalue weighted by Gasteiger charge is 2.39. The van der Waals surface area contributed by atoms with Gasteiger partial charge in [0.15, 0.2) is 0 Å². The van der Waals surface area contributed by atoms with E-state index in [4.69, 9.17) is 0 Å². The van der Waals surface area contributed by atoms with Gasteiger partial charge < -0.3 is 0 Å². The van der Waals surface area contributed by atoms with Crippen molar-refractivity contribution in [2.24, 2.45) is 21.7 Å². The lowest BCUT2D eigenvalue weighted by Crippen LogP contribution is -2.33. The van der Waals surface area contributed by atoms with E-state index in [0.29, 0.717) is 0 Å². The molecule has 0 rings (SSSR count). The van der Waals surface area contributed by atoms with Crippen LogP contribution in [0.3, 0.4) is 0 Å². The first-order valence-corrected chi connectivity index (χ1v) is 7.25. The maximum absolute atomic E-state index is 2.35. The summed E-state index contributed by atoms with van der Waals surface area (Å²) in [5.74, 6) is 0. The second-order valence-electron chi connectivity index (χ2n) is 9.75. The normalized spacial score (nSPS) is 14.7. The molecule has 0 bridgehead atoms. The Morgan fingerprint density at radius 2 is 0.444 bits per heavy atom. The maximum atomic E-state index is 2.35. The molecule has 108 valence electrons. The summed E-state index contributed by atoms with van der Waals surface area (Å²) in [6.45, 7) is 28.2. The van der Waals surface area contributed by atoms with Crippen molar-refractivity contribution in [1.29, 1.82) is 0 Å². The quantitative estimate of drug-likeness (QED) is 0.433. The van der Waals surface area contributed by atoms with Gasteiger partial charge in [-0.25, -0.2) is 0 Å². The van der Waals surface area contributed by atoms with Gasteiger partial charge in [0, 0.05) is 0 Å². The number of allylic oxidation sites excluding steroid dienone is 2. The Kier molecular flexibility index (Phi) is 4.62. The molecule has 0 fully saturated rings. The van der Waals surface area contributed by atoms with Gasteiger partial charge in [-0.1, -0.05) is 94.2 Å². The van der Waals surface area contributed by atoms with Crippen LogP contribution in [0.15, 0.2) is 11.1 Å². The molecule has 0 nitrogen and oxygen atoms in total. The monoisotopic (exact) mass is 252 g/mol. The first-order chi connectivity index (χ1) is 7.49. The lowest BCUT2D eigenvalue weighted by atomic mass is 9.60. The summed E-state index contributed by atoms with van der Waals surface area (Å²) in [6.07, 6.45) is 0. The lowest BCUT2D eigenvalue weighted by Gasteiger charge is -2.45. The molecule has 0 aliphatic heterocycles. The van der Waals surface area contributed by atoms with Gasteiger partial charge in [0.05, 0.1) is 0 Å². The number of rotatable bonds is 0. The van der Waals surface area contributed by atoms with Crippen molar-refractivity contribution < 1.29 is 0 Å². The molecule has 0 aliphatic rings. The fourth-order valence-electron chi connectivity index (χ4n) is 3.75. The third kappa shape index (κ3) is 4.44. The van der Waals surface area contributed by atoms with E-state index in [9.17, 15) is 0 Å². The zero-order valence-corrected chi connectivity index (χ0v) is 15.0. The van der Waals surface area contributed by atoms with Gasteiger partial charge in [0.2, 0.25) is 0 Å². The van der Waals surface area contributed by atoms with E-state index in [1.165, 1.54) is 0 Å². The van der Waals surface area contributed by atoms with Crippen LogP contribution in [0.1, 0.15) is 83.1 Å². The highest BCUT2D eigenvalue weighted by atomic mass is 14.4. The molecular formula is C18H36. The van der Waals surface area contributed by atoms with Crippen LogP contribution in [0.5, 0.6) is 0 Å². The van der Waals surface area contributed by atoms with Gasteiger partial charge in [0.1, 0.15) is 0 Å². The standard InChI is InChI=1S/C18H36/c1-15(2,3)13(16(4,5)6)14(17(7,8)9)18(10,11)12/h1-12H3. The van der Waals surface area contributed by atoms with Crippen molar-refractivity contribution in [2.45, 2.75) is 83.1 Å². The Morgan fingerprint density at radius 3 is 0.500 bits per heavy atom. The smallest absolute Gasteiger partial charge is 0.0165 e. The van der Waals surface area contributed by atoms with Crippen molar-refractivity contribution in [2.75, 3.05) is 0 Å². The zero-order valence-electron chi connectivity index (χ0n) is 15.0. The second kappa shape index (κ2) is 4.69. The Balaban J connectivity index is 6.44. The largest absolute Gasteiger partial charge is 0.0592 e. The van der Waals surface area contributed by atoms with E-state index >= 15 is 0 Å². The molecule has 0 amide bonds. The predicted molar refractivity (Wildman–Crippen MR) is 84.8 cm³/mol. The van der Waals surface area contributed by atoms with Crippen molar-refractivity contribution >= 4 is 0 Å². The molecule has 0 heteroatoms. The molecule has 0 spiro atoms. The zero-order chi connectivity index (χ0) is 15.2. The van der Waals surface area contributed by atoms with Gasteiger partial charge >= 0.3 is 0 Å². The van der Waals surface area contributed by atoms with Gasteiger partial charge in [-0.05, 0) is 21.7 Å². The third-order valence-corrected chi connectivity index (χ3v) is 3.25. The summed E-state index contributed by atoms with van der Waals surface area (Å²) in [7, 11) is 0. The minimum Gasteiger partial charge on any atom is -0.0592 e. The third-order valence-electron chi connectivity index (χ3n) is 3.25. The molecule has 0 unspecified atom stereocenters. The van der Waals surface area contributed by atoms with Crippen LogP contribution >= 0.6 is 0 Å². The fourth-order valence-corrected chi connectivity index (χ4v) is 3.75. The van der Waals surface area contributed by atoms with Crippen LogP contribution in [-0.2, 0) is 0 Å². The molecule has 0 aromatic rings. The van der Waals surface area contributed by atoms with Crippen molar-refractivity contribution in [3.8, 4) is 0 Å². The Hall–Kier alpha value is -0.260. The van der Waals surface area contributed by atoms with E-state index in [0.717, 1.165) is 0 Å². The van der Waals surface area contributed by atoms with E-state index in [-0.39, 0.29) is 21.7 Å². The second-order valence-corrected chi connectivity index (χ2v) is 9.75. The van der Waals surface area contributed by atoms with Crippen LogP contribution in [0, 0.1) is 21.7 Å². The fraction of sp³-hybridized carbons (Fsp3) is 0.889. The van der Waals surface area contributed by atoms with Crippen molar-refractivity contribution in [3.05, 3.63) is 11.1 Å². The maximum Gasteiger partial charge on any atom is -0.0165 e.